The molecule has 0 fully saturated rings. The Balaban J connectivity index is 1.83. The van der Waals surface area contributed by atoms with Crippen LogP contribution in [0.5, 0.6) is 0 Å². The Morgan fingerprint density at radius 2 is 1.65 bits per heavy atom. The van der Waals surface area contributed by atoms with Crippen molar-refractivity contribution >= 4 is 51.4 Å². The Hall–Kier alpha value is -4.31. The smallest absolute Gasteiger partial charge is 0.287 e. The Morgan fingerprint density at radius 1 is 1.00 bits per heavy atom. The fourth-order valence-electron chi connectivity index (χ4n) is 3.45. The van der Waals surface area contributed by atoms with Crippen molar-refractivity contribution in [2.24, 2.45) is 5.10 Å². The highest BCUT2D eigenvalue weighted by Gasteiger charge is 2.15. The number of amides is 2. The third-order valence-corrected chi connectivity index (χ3v) is 6.08. The van der Waals surface area contributed by atoms with Crippen LogP contribution in [0, 0.1) is 10.1 Å². The summed E-state index contributed by atoms with van der Waals surface area (Å²) in [4.78, 5) is 38.5. The van der Waals surface area contributed by atoms with Crippen molar-refractivity contribution in [3.8, 4) is 0 Å². The van der Waals surface area contributed by atoms with Gasteiger partial charge in [0.15, 0.2) is 0 Å². The van der Waals surface area contributed by atoms with Crippen LogP contribution < -0.4 is 15.6 Å². The largest absolute Gasteiger partial charge is 0.372 e. The Labute approximate surface area is 223 Å². The molecule has 0 radical (unpaired) electrons. The van der Waals surface area contributed by atoms with Gasteiger partial charge in [-0.25, -0.2) is 5.43 Å². The van der Waals surface area contributed by atoms with E-state index in [1.54, 1.807) is 42.5 Å². The van der Waals surface area contributed by atoms with Crippen LogP contribution in [0.25, 0.3) is 6.08 Å². The van der Waals surface area contributed by atoms with E-state index >= 15 is 0 Å². The second-order valence-electron chi connectivity index (χ2n) is 7.81. The second kappa shape index (κ2) is 13.1. The Bertz CT molecular complexity index is 1320. The molecule has 0 saturated carbocycles. The average molecular weight is 564 g/mol. The van der Waals surface area contributed by atoms with Gasteiger partial charge in [-0.1, -0.05) is 36.4 Å². The van der Waals surface area contributed by atoms with Gasteiger partial charge in [-0.15, -0.1) is 0 Å². The summed E-state index contributed by atoms with van der Waals surface area (Å²) in [6.07, 6.45) is 2.84. The second-order valence-corrected chi connectivity index (χ2v) is 8.66. The van der Waals surface area contributed by atoms with Crippen LogP contribution in [0.15, 0.2) is 88.1 Å². The molecule has 0 bridgehead atoms. The van der Waals surface area contributed by atoms with Crippen molar-refractivity contribution in [3.63, 3.8) is 0 Å². The van der Waals surface area contributed by atoms with Gasteiger partial charge in [0.2, 0.25) is 0 Å². The first-order valence-electron chi connectivity index (χ1n) is 11.5. The lowest BCUT2D eigenvalue weighted by atomic mass is 10.1. The van der Waals surface area contributed by atoms with E-state index in [2.05, 4.69) is 50.5 Å². The average Bonchev–Trinajstić information content (AvgIpc) is 2.91. The maximum Gasteiger partial charge on any atom is 0.287 e. The van der Waals surface area contributed by atoms with Crippen LogP contribution in [0.3, 0.4) is 0 Å². The lowest BCUT2D eigenvalue weighted by Gasteiger charge is -2.20. The molecule has 0 aromatic heterocycles. The predicted octanol–water partition coefficient (Wildman–Crippen LogP) is 5.12. The lowest BCUT2D eigenvalue weighted by Crippen LogP contribution is -2.32. The molecule has 37 heavy (non-hydrogen) atoms. The number of halogens is 1. The molecular weight excluding hydrogens is 538 g/mol. The lowest BCUT2D eigenvalue weighted by molar-refractivity contribution is -0.385. The molecule has 9 nitrogen and oxygen atoms in total. The number of nitro groups is 1. The fourth-order valence-corrected chi connectivity index (χ4v) is 3.85. The number of carbonyl (C=O) groups excluding carboxylic acids is 2. The first kappa shape index (κ1) is 27.3. The molecule has 190 valence electrons. The summed E-state index contributed by atoms with van der Waals surface area (Å²) < 4.78 is 0.333. The normalized spacial score (nSPS) is 11.3. The number of nitrogens with one attached hydrogen (secondary N) is 2. The van der Waals surface area contributed by atoms with Gasteiger partial charge in [0.25, 0.3) is 17.5 Å². The summed E-state index contributed by atoms with van der Waals surface area (Å²) >= 11 is 3.13. The SMILES string of the molecule is CCN(CC)c1ccc(/C=C(/NC(=O)c2ccccc2)C(=O)N/N=C\c2ccc(Br)c([N+](=O)[O-])c2)cc1. The monoisotopic (exact) mass is 563 g/mol. The Kier molecular flexibility index (Phi) is 9.68. The minimum atomic E-state index is -0.653. The number of nitrogens with zero attached hydrogens (tertiary/aromatic N) is 3. The van der Waals surface area contributed by atoms with Crippen molar-refractivity contribution < 1.29 is 14.5 Å². The third kappa shape index (κ3) is 7.58. The van der Waals surface area contributed by atoms with Crippen LogP contribution in [-0.4, -0.2) is 36.0 Å². The van der Waals surface area contributed by atoms with Crippen molar-refractivity contribution in [1.82, 2.24) is 10.7 Å². The van der Waals surface area contributed by atoms with Crippen LogP contribution >= 0.6 is 15.9 Å². The van der Waals surface area contributed by atoms with Gasteiger partial charge in [-0.2, -0.15) is 5.10 Å². The molecule has 10 heteroatoms. The summed E-state index contributed by atoms with van der Waals surface area (Å²) in [6, 6.07) is 20.6. The number of anilines is 1. The molecule has 3 aromatic carbocycles. The Morgan fingerprint density at radius 3 is 2.27 bits per heavy atom. The number of hydrazone groups is 1. The molecule has 2 N–H and O–H groups in total. The van der Waals surface area contributed by atoms with E-state index in [4.69, 9.17) is 0 Å². The zero-order valence-electron chi connectivity index (χ0n) is 20.3. The van der Waals surface area contributed by atoms with Crippen molar-refractivity contribution in [1.29, 1.82) is 0 Å². The summed E-state index contributed by atoms with van der Waals surface area (Å²) in [5.41, 5.74) is 4.81. The molecule has 0 aliphatic rings. The molecule has 0 atom stereocenters. The molecule has 0 unspecified atom stereocenters. The molecule has 0 aliphatic carbocycles. The van der Waals surface area contributed by atoms with Gasteiger partial charge in [0.05, 0.1) is 15.6 Å². The van der Waals surface area contributed by atoms with E-state index in [-0.39, 0.29) is 11.4 Å². The van der Waals surface area contributed by atoms with Gasteiger partial charge >= 0.3 is 0 Å². The van der Waals surface area contributed by atoms with Crippen LogP contribution in [0.1, 0.15) is 35.3 Å². The highest BCUT2D eigenvalue weighted by molar-refractivity contribution is 9.10. The number of rotatable bonds is 10. The van der Waals surface area contributed by atoms with Gasteiger partial charge in [-0.05, 0) is 71.7 Å². The molecule has 0 spiro atoms. The van der Waals surface area contributed by atoms with E-state index in [0.29, 0.717) is 21.2 Å². The van der Waals surface area contributed by atoms with Gasteiger partial charge < -0.3 is 10.2 Å². The number of carbonyl (C=O) groups is 2. The minimum Gasteiger partial charge on any atom is -0.372 e. The van der Waals surface area contributed by atoms with E-state index in [1.807, 2.05) is 24.3 Å². The molecule has 0 saturated heterocycles. The van der Waals surface area contributed by atoms with Crippen LogP contribution in [0.4, 0.5) is 11.4 Å². The van der Waals surface area contributed by atoms with Crippen molar-refractivity contribution in [2.45, 2.75) is 13.8 Å². The van der Waals surface area contributed by atoms with E-state index in [0.717, 1.165) is 18.8 Å². The zero-order valence-corrected chi connectivity index (χ0v) is 21.9. The molecule has 0 aliphatic heterocycles. The summed E-state index contributed by atoms with van der Waals surface area (Å²) in [6.45, 7) is 5.88. The van der Waals surface area contributed by atoms with E-state index < -0.39 is 16.7 Å². The summed E-state index contributed by atoms with van der Waals surface area (Å²) in [5, 5.41) is 17.7. The molecule has 3 aromatic rings. The van der Waals surface area contributed by atoms with Gasteiger partial charge in [0, 0.05) is 36.0 Å². The third-order valence-electron chi connectivity index (χ3n) is 5.41. The van der Waals surface area contributed by atoms with Crippen LogP contribution in [-0.2, 0) is 4.79 Å². The summed E-state index contributed by atoms with van der Waals surface area (Å²) in [5.74, 6) is -1.10. The number of hydrogen-bond acceptors (Lipinski definition) is 6. The topological polar surface area (TPSA) is 117 Å². The maximum atomic E-state index is 13.0. The summed E-state index contributed by atoms with van der Waals surface area (Å²) in [7, 11) is 0. The van der Waals surface area contributed by atoms with Crippen LogP contribution in [0.2, 0.25) is 0 Å². The first-order chi connectivity index (χ1) is 17.8. The fraction of sp³-hybridized carbons (Fsp3) is 0.148. The standard InChI is InChI=1S/C27H26BrN5O4/c1-3-32(4-2)22-13-10-19(11-14-22)16-24(30-26(34)21-8-6-5-7-9-21)27(35)31-29-18-20-12-15-23(28)25(17-20)33(36)37/h5-18H,3-4H2,1-2H3,(H,30,34)(H,31,35)/b24-16+,29-18-. The molecule has 3 rings (SSSR count). The number of nitro benzene ring substituents is 1. The van der Waals surface area contributed by atoms with Crippen molar-refractivity contribution in [3.05, 3.63) is 110 Å². The predicted molar refractivity (Wildman–Crippen MR) is 148 cm³/mol. The number of benzene rings is 3. The quantitative estimate of drug-likeness (QED) is 0.153. The molecule has 2 amide bonds. The van der Waals surface area contributed by atoms with Gasteiger partial charge in [0.1, 0.15) is 5.70 Å². The zero-order chi connectivity index (χ0) is 26.8. The highest BCUT2D eigenvalue weighted by atomic mass is 79.9. The molecular formula is C27H26BrN5O4. The first-order valence-corrected chi connectivity index (χ1v) is 12.3. The van der Waals surface area contributed by atoms with E-state index in [1.165, 1.54) is 18.3 Å². The minimum absolute atomic E-state index is 0.0108. The maximum absolute atomic E-state index is 13.0. The van der Waals surface area contributed by atoms with Crippen molar-refractivity contribution in [2.75, 3.05) is 18.0 Å². The van der Waals surface area contributed by atoms with Gasteiger partial charge in [-0.3, -0.25) is 19.7 Å². The molecule has 0 heterocycles. The number of hydrogen-bond donors (Lipinski definition) is 2. The highest BCUT2D eigenvalue weighted by Crippen LogP contribution is 2.25. The van der Waals surface area contributed by atoms with E-state index in [9.17, 15) is 19.7 Å².